The molecule has 0 aliphatic carbocycles. The fourth-order valence-corrected chi connectivity index (χ4v) is 7.41. The van der Waals surface area contributed by atoms with Gasteiger partial charge in [-0.15, -0.1) is 0 Å². The Morgan fingerprint density at radius 1 is 0.698 bits per heavy atom. The number of nitrogens with one attached hydrogen (secondary N) is 1. The van der Waals surface area contributed by atoms with Crippen molar-refractivity contribution >= 4 is 31.9 Å². The second-order valence-electron chi connectivity index (χ2n) is 11.5. The molecule has 13 nitrogen and oxygen atoms in total. The first-order valence-corrected chi connectivity index (χ1v) is 22.4. The van der Waals surface area contributed by atoms with Crippen molar-refractivity contribution in [3.8, 4) is 11.5 Å². The van der Waals surface area contributed by atoms with E-state index in [0.29, 0.717) is 50.9 Å². The molecule has 15 heteroatoms. The number of carbonyl (C=O) groups is 2. The van der Waals surface area contributed by atoms with Crippen LogP contribution in [0.3, 0.4) is 0 Å². The molecule has 308 valence electrons. The lowest BCUT2D eigenvalue weighted by Crippen LogP contribution is -2.48. The Balaban J connectivity index is -0.000000687. The number of hydrogen-bond donors (Lipinski definition) is 5. The number of aliphatic carboxylic acids is 1. The van der Waals surface area contributed by atoms with Crippen molar-refractivity contribution < 1.29 is 41.7 Å². The monoisotopic (exact) mass is 790 g/mol. The van der Waals surface area contributed by atoms with Crippen LogP contribution in [0.1, 0.15) is 106 Å². The van der Waals surface area contributed by atoms with Gasteiger partial charge in [-0.3, -0.25) is 9.59 Å². The number of amides is 1. The van der Waals surface area contributed by atoms with E-state index in [2.05, 4.69) is 5.32 Å². The number of sulfonamides is 2. The lowest BCUT2D eigenvalue weighted by atomic mass is 10.1. The van der Waals surface area contributed by atoms with E-state index >= 15 is 0 Å². The van der Waals surface area contributed by atoms with Gasteiger partial charge in [0.05, 0.1) is 12.5 Å². The van der Waals surface area contributed by atoms with Gasteiger partial charge in [0.25, 0.3) is 0 Å². The van der Waals surface area contributed by atoms with Gasteiger partial charge in [0.15, 0.2) is 0 Å². The number of carboxylic acid groups (broad SMARTS) is 1. The molecular weight excluding hydrogens is 721 g/mol. The summed E-state index contributed by atoms with van der Waals surface area (Å²) in [5, 5.41) is 29.7. The van der Waals surface area contributed by atoms with Crippen molar-refractivity contribution in [1.29, 1.82) is 0 Å². The van der Waals surface area contributed by atoms with Gasteiger partial charge in [-0.25, -0.2) is 16.8 Å². The maximum absolute atomic E-state index is 12.3. The summed E-state index contributed by atoms with van der Waals surface area (Å²) in [6.07, 6.45) is 5.97. The predicted octanol–water partition coefficient (Wildman–Crippen LogP) is 5.75. The van der Waals surface area contributed by atoms with E-state index in [1.54, 1.807) is 36.4 Å². The van der Waals surface area contributed by atoms with Crippen LogP contribution in [-0.2, 0) is 42.5 Å². The Bertz CT molecular complexity index is 1470. The third kappa shape index (κ3) is 22.5. The Kier molecular flexibility index (Phi) is 29.8. The molecule has 2 aromatic rings. The first-order valence-electron chi connectivity index (χ1n) is 18.7. The molecule has 2 heterocycles. The topological polar surface area (TPSA) is 208 Å². The molecule has 0 bridgehead atoms. The van der Waals surface area contributed by atoms with Gasteiger partial charge in [0.2, 0.25) is 26.0 Å². The van der Waals surface area contributed by atoms with Gasteiger partial charge in [-0.1, -0.05) is 79.7 Å². The maximum atomic E-state index is 12.3. The molecular formula is C38H70N4O9S2. The van der Waals surface area contributed by atoms with Crippen LogP contribution < -0.4 is 11.1 Å². The minimum absolute atomic E-state index is 0.112. The first kappa shape index (κ1) is 54.1. The van der Waals surface area contributed by atoms with Crippen LogP contribution in [0.25, 0.3) is 0 Å². The van der Waals surface area contributed by atoms with Gasteiger partial charge in [-0.2, -0.15) is 8.61 Å². The van der Waals surface area contributed by atoms with Crippen LogP contribution >= 0.6 is 0 Å². The highest BCUT2D eigenvalue weighted by Gasteiger charge is 2.37. The molecule has 2 fully saturated rings. The van der Waals surface area contributed by atoms with Gasteiger partial charge < -0.3 is 26.4 Å². The molecule has 4 unspecified atom stereocenters. The summed E-state index contributed by atoms with van der Waals surface area (Å²) in [7, 11) is -6.70. The summed E-state index contributed by atoms with van der Waals surface area (Å²) >= 11 is 0. The number of hydrogen-bond acceptors (Lipinski definition) is 9. The van der Waals surface area contributed by atoms with E-state index in [9.17, 15) is 31.5 Å². The second kappa shape index (κ2) is 29.2. The average Bonchev–Trinajstić information content (AvgIpc) is 3.83. The van der Waals surface area contributed by atoms with Crippen LogP contribution in [0, 0.1) is 0 Å². The summed E-state index contributed by atoms with van der Waals surface area (Å²) in [6, 6.07) is 12.6. The number of carboxylic acids is 1. The molecule has 4 atom stereocenters. The standard InChI is InChI=1S/C15H22N2O4S.C9H13NO.C6H11NO4S.4C2H6/c1-11(10-12-5-7-13(18)8-6-12)16-15(19)14-4-3-9-17(14)22(2,20)21;1-7(10)6-8-2-4-9(11)5-3-8;1-12(10,11)7-4-2-3-5(7)6(8)9;4*1-2/h5-8,11,14,18H,3-4,9-10H2,1-2H3,(H,16,19);2-5,7,11H,6,10H2,1H3;5H,2-4H2,1H3,(H,8,9);4*1-2H3. The highest BCUT2D eigenvalue weighted by molar-refractivity contribution is 7.88. The third-order valence-corrected chi connectivity index (χ3v) is 9.79. The summed E-state index contributed by atoms with van der Waals surface area (Å²) in [5.74, 6) is -0.791. The SMILES string of the molecule is CC.CC.CC.CC.CC(Cc1ccc(O)cc1)NC(=O)C1CCCN1S(C)(=O)=O.CC(N)Cc1ccc(O)cc1.CS(=O)(=O)N1CCCC1C(=O)O. The van der Waals surface area contributed by atoms with Gasteiger partial charge in [-0.05, 0) is 87.8 Å². The normalized spacial score (nSPS) is 17.6. The highest BCUT2D eigenvalue weighted by Crippen LogP contribution is 2.21. The van der Waals surface area contributed by atoms with Crippen molar-refractivity contribution in [2.45, 2.75) is 132 Å². The van der Waals surface area contributed by atoms with Crippen LogP contribution in [0.5, 0.6) is 11.5 Å². The molecule has 53 heavy (non-hydrogen) atoms. The number of aromatic hydroxyl groups is 2. The fourth-order valence-electron chi connectivity index (χ4n) is 5.16. The number of nitrogens with zero attached hydrogens (tertiary/aromatic N) is 2. The molecule has 4 rings (SSSR count). The lowest BCUT2D eigenvalue weighted by molar-refractivity contribution is -0.140. The molecule has 2 aliphatic rings. The number of carbonyl (C=O) groups excluding carboxylic acids is 1. The maximum Gasteiger partial charge on any atom is 0.322 e. The Morgan fingerprint density at radius 3 is 1.36 bits per heavy atom. The molecule has 0 saturated carbocycles. The van der Waals surface area contributed by atoms with Crippen molar-refractivity contribution in [1.82, 2.24) is 13.9 Å². The van der Waals surface area contributed by atoms with Crippen molar-refractivity contribution in [2.24, 2.45) is 5.73 Å². The summed E-state index contributed by atoms with van der Waals surface area (Å²) in [5.41, 5.74) is 7.76. The van der Waals surface area contributed by atoms with Gasteiger partial charge >= 0.3 is 5.97 Å². The average molecular weight is 791 g/mol. The van der Waals surface area contributed by atoms with Crippen LogP contribution in [0.15, 0.2) is 48.5 Å². The largest absolute Gasteiger partial charge is 0.508 e. The molecule has 0 aromatic heterocycles. The Labute approximate surface area is 321 Å². The number of nitrogens with two attached hydrogens (primary N) is 1. The molecule has 2 saturated heterocycles. The van der Waals surface area contributed by atoms with Crippen molar-refractivity contribution in [2.75, 3.05) is 25.6 Å². The molecule has 6 N–H and O–H groups in total. The number of phenolic OH excluding ortho intramolecular Hbond substituents is 2. The number of rotatable bonds is 9. The predicted molar refractivity (Wildman–Crippen MR) is 217 cm³/mol. The van der Waals surface area contributed by atoms with E-state index in [-0.39, 0.29) is 23.7 Å². The summed E-state index contributed by atoms with van der Waals surface area (Å²) in [4.78, 5) is 22.9. The van der Waals surface area contributed by atoms with Crippen molar-refractivity contribution in [3.05, 3.63) is 59.7 Å². The molecule has 0 spiro atoms. The fraction of sp³-hybridized carbons (Fsp3) is 0.632. The van der Waals surface area contributed by atoms with Gasteiger partial charge in [0, 0.05) is 25.2 Å². The van der Waals surface area contributed by atoms with Gasteiger partial charge in [0.1, 0.15) is 23.6 Å². The molecule has 2 aromatic carbocycles. The molecule has 2 aliphatic heterocycles. The zero-order valence-electron chi connectivity index (χ0n) is 34.2. The minimum atomic E-state index is -3.35. The lowest BCUT2D eigenvalue weighted by Gasteiger charge is -2.23. The van der Waals surface area contributed by atoms with Crippen LogP contribution in [-0.4, -0.2) is 102 Å². The quantitative estimate of drug-likeness (QED) is 0.208. The first-order chi connectivity index (χ1) is 24.9. The van der Waals surface area contributed by atoms with E-state index in [1.807, 2.05) is 81.4 Å². The van der Waals surface area contributed by atoms with E-state index < -0.39 is 38.1 Å². The minimum Gasteiger partial charge on any atom is -0.508 e. The van der Waals surface area contributed by atoms with Crippen molar-refractivity contribution in [3.63, 3.8) is 0 Å². The molecule has 1 amide bonds. The Morgan fingerprint density at radius 2 is 1.04 bits per heavy atom. The number of benzene rings is 2. The highest BCUT2D eigenvalue weighted by atomic mass is 32.2. The zero-order chi connectivity index (χ0) is 41.9. The summed E-state index contributed by atoms with van der Waals surface area (Å²) < 4.78 is 47.7. The smallest absolute Gasteiger partial charge is 0.322 e. The van der Waals surface area contributed by atoms with Crippen LogP contribution in [0.4, 0.5) is 0 Å². The summed E-state index contributed by atoms with van der Waals surface area (Å²) in [6.45, 7) is 20.6. The zero-order valence-corrected chi connectivity index (χ0v) is 35.8. The van der Waals surface area contributed by atoms with E-state index in [0.717, 1.165) is 34.4 Å². The van der Waals surface area contributed by atoms with E-state index in [4.69, 9.17) is 15.9 Å². The third-order valence-electron chi connectivity index (χ3n) is 7.21. The second-order valence-corrected chi connectivity index (χ2v) is 15.4. The van der Waals surface area contributed by atoms with E-state index in [1.165, 1.54) is 4.31 Å². The Hall–Kier alpha value is -3.24. The number of phenols is 2. The molecule has 0 radical (unpaired) electrons. The van der Waals surface area contributed by atoms with Crippen LogP contribution in [0.2, 0.25) is 0 Å².